The minimum Gasteiger partial charge on any atom is -0.711 e. The third kappa shape index (κ3) is 2.48. The van der Waals surface area contributed by atoms with Gasteiger partial charge in [0.25, 0.3) is 5.82 Å². The first-order valence-corrected chi connectivity index (χ1v) is 6.97. The third-order valence-corrected chi connectivity index (χ3v) is 3.69. The van der Waals surface area contributed by atoms with Crippen LogP contribution in [0.1, 0.15) is 13.8 Å². The second-order valence-corrected chi connectivity index (χ2v) is 6.07. The average Bonchev–Trinajstić information content (AvgIpc) is 2.40. The van der Waals surface area contributed by atoms with Crippen LogP contribution in [0.3, 0.4) is 0 Å². The summed E-state index contributed by atoms with van der Waals surface area (Å²) >= 11 is 0. The van der Waals surface area contributed by atoms with E-state index in [1.54, 1.807) is 12.1 Å². The van der Waals surface area contributed by atoms with Gasteiger partial charge in [-0.15, -0.1) is 0 Å². The standard InChI is InChI=1S/C15H20N4O2/c1-15(2)9-18(14-5-3-4-6-19(14)20)12-7-10(16)11(17)8-13(12)21-15/h3-8,10-11H,9,16-17H2,1-2H3. The molecule has 21 heavy (non-hydrogen) atoms. The molecule has 1 aromatic rings. The molecule has 3 rings (SSSR count). The fourth-order valence-corrected chi connectivity index (χ4v) is 2.68. The van der Waals surface area contributed by atoms with Crippen molar-refractivity contribution in [3.63, 3.8) is 0 Å². The van der Waals surface area contributed by atoms with Crippen LogP contribution in [0.15, 0.2) is 48.0 Å². The molecule has 0 radical (unpaired) electrons. The van der Waals surface area contributed by atoms with Gasteiger partial charge in [-0.3, -0.25) is 0 Å². The molecule has 4 N–H and O–H groups in total. The van der Waals surface area contributed by atoms with Gasteiger partial charge in [-0.2, -0.15) is 0 Å². The van der Waals surface area contributed by atoms with Crippen molar-refractivity contribution in [2.75, 3.05) is 11.4 Å². The SMILES string of the molecule is CC1(C)CN(c2cccc[n+]2[O-])C2=CC(N)C(N)C=C2O1. The molecule has 0 spiro atoms. The number of hydrogen-bond acceptors (Lipinski definition) is 5. The van der Waals surface area contributed by atoms with Gasteiger partial charge in [0.1, 0.15) is 12.1 Å². The number of morpholine rings is 1. The zero-order valence-electron chi connectivity index (χ0n) is 12.2. The number of anilines is 1. The van der Waals surface area contributed by atoms with Crippen molar-refractivity contribution >= 4 is 5.82 Å². The zero-order valence-corrected chi connectivity index (χ0v) is 12.2. The molecule has 6 nitrogen and oxygen atoms in total. The number of pyridine rings is 1. The van der Waals surface area contributed by atoms with E-state index in [1.165, 1.54) is 6.20 Å². The van der Waals surface area contributed by atoms with E-state index in [4.69, 9.17) is 16.2 Å². The van der Waals surface area contributed by atoms with E-state index >= 15 is 0 Å². The summed E-state index contributed by atoms with van der Waals surface area (Å²) in [5.74, 6) is 1.23. The second-order valence-electron chi connectivity index (χ2n) is 6.07. The van der Waals surface area contributed by atoms with E-state index in [1.807, 2.05) is 37.0 Å². The van der Waals surface area contributed by atoms with Crippen LogP contribution in [0.5, 0.6) is 0 Å². The maximum atomic E-state index is 12.1. The van der Waals surface area contributed by atoms with Gasteiger partial charge >= 0.3 is 0 Å². The summed E-state index contributed by atoms with van der Waals surface area (Å²) in [4.78, 5) is 1.94. The van der Waals surface area contributed by atoms with Crippen LogP contribution >= 0.6 is 0 Å². The van der Waals surface area contributed by atoms with Gasteiger partial charge in [-0.1, -0.05) is 6.07 Å². The van der Waals surface area contributed by atoms with E-state index in [0.29, 0.717) is 18.1 Å². The minimum absolute atomic E-state index is 0.283. The van der Waals surface area contributed by atoms with Crippen molar-refractivity contribution in [3.8, 4) is 0 Å². The highest BCUT2D eigenvalue weighted by Crippen LogP contribution is 2.35. The molecule has 6 heteroatoms. The first-order valence-electron chi connectivity index (χ1n) is 6.97. The van der Waals surface area contributed by atoms with E-state index in [9.17, 15) is 5.21 Å². The van der Waals surface area contributed by atoms with Crippen molar-refractivity contribution in [1.82, 2.24) is 0 Å². The quantitative estimate of drug-likeness (QED) is 0.575. The lowest BCUT2D eigenvalue weighted by atomic mass is 9.96. The van der Waals surface area contributed by atoms with Crippen LogP contribution < -0.4 is 21.1 Å². The summed E-state index contributed by atoms with van der Waals surface area (Å²) in [6, 6.07) is 4.75. The van der Waals surface area contributed by atoms with Gasteiger partial charge in [0, 0.05) is 18.2 Å². The molecule has 1 fully saturated rings. The van der Waals surface area contributed by atoms with Crippen molar-refractivity contribution < 1.29 is 9.47 Å². The lowest BCUT2D eigenvalue weighted by Gasteiger charge is -2.40. The number of ether oxygens (including phenoxy) is 1. The van der Waals surface area contributed by atoms with Crippen LogP contribution in [-0.2, 0) is 4.74 Å². The molecule has 1 saturated heterocycles. The maximum Gasteiger partial charge on any atom is 0.284 e. The van der Waals surface area contributed by atoms with E-state index in [-0.39, 0.29) is 12.1 Å². The number of aromatic nitrogens is 1. The molecule has 1 aliphatic heterocycles. The van der Waals surface area contributed by atoms with Gasteiger partial charge in [0.15, 0.2) is 11.5 Å². The Morgan fingerprint density at radius 1 is 1.29 bits per heavy atom. The van der Waals surface area contributed by atoms with Crippen LogP contribution in [-0.4, -0.2) is 24.2 Å². The minimum atomic E-state index is -0.423. The number of rotatable bonds is 1. The third-order valence-electron chi connectivity index (χ3n) is 3.69. The molecule has 0 aromatic carbocycles. The molecule has 1 aromatic heterocycles. The summed E-state index contributed by atoms with van der Waals surface area (Å²) in [5.41, 5.74) is 12.4. The summed E-state index contributed by atoms with van der Waals surface area (Å²) in [6.45, 7) is 4.52. The van der Waals surface area contributed by atoms with Gasteiger partial charge in [-0.25, -0.2) is 9.63 Å². The van der Waals surface area contributed by atoms with E-state index < -0.39 is 5.60 Å². The fourth-order valence-electron chi connectivity index (χ4n) is 2.68. The van der Waals surface area contributed by atoms with Crippen molar-refractivity contribution in [2.24, 2.45) is 11.5 Å². The van der Waals surface area contributed by atoms with E-state index in [2.05, 4.69) is 0 Å². The topological polar surface area (TPSA) is 91.5 Å². The Morgan fingerprint density at radius 3 is 2.71 bits per heavy atom. The first-order chi connectivity index (χ1) is 9.87. The molecule has 0 bridgehead atoms. The molecule has 2 atom stereocenters. The molecular formula is C15H20N4O2. The smallest absolute Gasteiger partial charge is 0.284 e. The van der Waals surface area contributed by atoms with Gasteiger partial charge in [-0.05, 0) is 32.1 Å². The normalized spacial score (nSPS) is 27.3. The highest BCUT2D eigenvalue weighted by molar-refractivity contribution is 5.53. The van der Waals surface area contributed by atoms with Crippen molar-refractivity contribution in [2.45, 2.75) is 31.5 Å². The fraction of sp³-hybridized carbons (Fsp3) is 0.400. The average molecular weight is 288 g/mol. The van der Waals surface area contributed by atoms with Gasteiger partial charge < -0.3 is 21.4 Å². The summed E-state index contributed by atoms with van der Waals surface area (Å²) in [5, 5.41) is 12.1. The molecule has 0 amide bonds. The number of nitrogens with zero attached hydrogens (tertiary/aromatic N) is 2. The Morgan fingerprint density at radius 2 is 2.00 bits per heavy atom. The van der Waals surface area contributed by atoms with Crippen LogP contribution in [0.4, 0.5) is 5.82 Å². The molecule has 0 saturated carbocycles. The Labute approximate surface area is 123 Å². The summed E-state index contributed by atoms with van der Waals surface area (Å²) < 4.78 is 6.84. The van der Waals surface area contributed by atoms with Crippen molar-refractivity contribution in [3.05, 3.63) is 53.2 Å². The molecule has 1 aliphatic carbocycles. The first kappa shape index (κ1) is 13.9. The van der Waals surface area contributed by atoms with Crippen LogP contribution in [0, 0.1) is 5.21 Å². The van der Waals surface area contributed by atoms with Crippen molar-refractivity contribution in [1.29, 1.82) is 0 Å². The highest BCUT2D eigenvalue weighted by atomic mass is 16.5. The van der Waals surface area contributed by atoms with Crippen LogP contribution in [0.25, 0.3) is 0 Å². The monoisotopic (exact) mass is 288 g/mol. The lowest BCUT2D eigenvalue weighted by molar-refractivity contribution is -0.592. The van der Waals surface area contributed by atoms with Gasteiger partial charge in [0.2, 0.25) is 0 Å². The molecule has 2 aliphatic rings. The molecule has 2 unspecified atom stereocenters. The maximum absolute atomic E-state index is 12.1. The predicted molar refractivity (Wildman–Crippen MR) is 80.0 cm³/mol. The molecule has 2 heterocycles. The largest absolute Gasteiger partial charge is 0.711 e. The lowest BCUT2D eigenvalue weighted by Crippen LogP contribution is -2.53. The summed E-state index contributed by atoms with van der Waals surface area (Å²) in [7, 11) is 0. The number of fused-ring (bicyclic) bond motifs is 1. The Balaban J connectivity index is 2.08. The predicted octanol–water partition coefficient (Wildman–Crippen LogP) is 0.371. The van der Waals surface area contributed by atoms with Gasteiger partial charge in [0.05, 0.1) is 6.20 Å². The second kappa shape index (κ2) is 4.75. The molecular weight excluding hydrogens is 268 g/mol. The number of nitrogens with two attached hydrogens (primary N) is 2. The zero-order chi connectivity index (χ0) is 15.2. The Bertz CT molecular complexity index is 624. The Kier molecular flexibility index (Phi) is 3.15. The Hall–Kier alpha value is -2.05. The molecule has 112 valence electrons. The summed E-state index contributed by atoms with van der Waals surface area (Å²) in [6.07, 6.45) is 5.17. The van der Waals surface area contributed by atoms with E-state index in [0.717, 1.165) is 10.4 Å². The highest BCUT2D eigenvalue weighted by Gasteiger charge is 2.42. The number of hydrogen-bond donors (Lipinski definition) is 2. The van der Waals surface area contributed by atoms with Crippen LogP contribution in [0.2, 0.25) is 0 Å².